The smallest absolute Gasteiger partial charge is 0.270 e. The molecule has 1 aliphatic heterocycles. The molecule has 0 aromatic carbocycles. The molecule has 1 aliphatic rings. The summed E-state index contributed by atoms with van der Waals surface area (Å²) in [7, 11) is 0. The second kappa shape index (κ2) is 5.68. The summed E-state index contributed by atoms with van der Waals surface area (Å²) >= 11 is 5.20. The Morgan fingerprint density at radius 2 is 2.44 bits per heavy atom. The van der Waals surface area contributed by atoms with E-state index < -0.39 is 0 Å². The topological polar surface area (TPSA) is 42.0 Å². The van der Waals surface area contributed by atoms with Gasteiger partial charge in [-0.15, -0.1) is 0 Å². The minimum Gasteiger partial charge on any atom is -0.347 e. The fourth-order valence-corrected chi connectivity index (χ4v) is 2.93. The normalized spacial score (nSPS) is 20.4. The number of nitrogens with one attached hydrogen (secondary N) is 1. The number of amides is 1. The molecule has 86 valence electrons. The number of carbonyl (C=O) groups is 1. The maximum absolute atomic E-state index is 11.8. The zero-order valence-corrected chi connectivity index (χ0v) is 11.2. The molecular formula is C11H13BrN2OS. The van der Waals surface area contributed by atoms with Crippen molar-refractivity contribution < 1.29 is 4.79 Å². The van der Waals surface area contributed by atoms with Crippen molar-refractivity contribution in [3.63, 3.8) is 0 Å². The van der Waals surface area contributed by atoms with Crippen molar-refractivity contribution >= 4 is 33.6 Å². The maximum atomic E-state index is 11.8. The summed E-state index contributed by atoms with van der Waals surface area (Å²) in [5, 5.41) is 3.02. The molecule has 1 saturated heterocycles. The van der Waals surface area contributed by atoms with Crippen LogP contribution in [0.25, 0.3) is 0 Å². The maximum Gasteiger partial charge on any atom is 0.270 e. The molecule has 1 amide bonds. The summed E-state index contributed by atoms with van der Waals surface area (Å²) in [6.45, 7) is 0. The van der Waals surface area contributed by atoms with Crippen LogP contribution in [0.2, 0.25) is 0 Å². The molecule has 0 aliphatic carbocycles. The number of pyridine rings is 1. The van der Waals surface area contributed by atoms with E-state index in [0.717, 1.165) is 16.6 Å². The first-order valence-electron chi connectivity index (χ1n) is 5.26. The van der Waals surface area contributed by atoms with E-state index >= 15 is 0 Å². The van der Waals surface area contributed by atoms with Gasteiger partial charge in [-0.25, -0.2) is 4.98 Å². The molecule has 1 aromatic rings. The Labute approximate surface area is 108 Å². The summed E-state index contributed by atoms with van der Waals surface area (Å²) in [6.07, 6.45) is 3.91. The van der Waals surface area contributed by atoms with Gasteiger partial charge in [-0.1, -0.05) is 0 Å². The average Bonchev–Trinajstić information content (AvgIpc) is 2.31. The predicted octanol–water partition coefficient (Wildman–Crippen LogP) is 2.47. The molecule has 2 rings (SSSR count). The molecule has 2 heterocycles. The van der Waals surface area contributed by atoms with E-state index in [9.17, 15) is 4.79 Å². The molecule has 0 radical (unpaired) electrons. The fraction of sp³-hybridized carbons (Fsp3) is 0.455. The lowest BCUT2D eigenvalue weighted by Gasteiger charge is -2.22. The molecule has 16 heavy (non-hydrogen) atoms. The van der Waals surface area contributed by atoms with E-state index in [0.29, 0.717) is 11.7 Å². The van der Waals surface area contributed by atoms with Gasteiger partial charge in [-0.3, -0.25) is 4.79 Å². The van der Waals surface area contributed by atoms with Gasteiger partial charge in [0.2, 0.25) is 0 Å². The van der Waals surface area contributed by atoms with Crippen molar-refractivity contribution in [1.82, 2.24) is 10.3 Å². The van der Waals surface area contributed by atoms with Crippen LogP contribution in [0.1, 0.15) is 23.3 Å². The van der Waals surface area contributed by atoms with E-state index in [1.807, 2.05) is 17.8 Å². The van der Waals surface area contributed by atoms with Crippen molar-refractivity contribution in [3.8, 4) is 0 Å². The quantitative estimate of drug-likeness (QED) is 0.912. The number of halogens is 1. The summed E-state index contributed by atoms with van der Waals surface area (Å²) in [5.74, 6) is 2.16. The number of aromatic nitrogens is 1. The van der Waals surface area contributed by atoms with Gasteiger partial charge in [0.25, 0.3) is 5.91 Å². The van der Waals surface area contributed by atoms with Crippen molar-refractivity contribution in [3.05, 3.63) is 28.5 Å². The molecule has 1 N–H and O–H groups in total. The summed E-state index contributed by atoms with van der Waals surface area (Å²) in [5.41, 5.74) is 0.485. The zero-order chi connectivity index (χ0) is 11.4. The van der Waals surface area contributed by atoms with E-state index in [1.54, 1.807) is 12.3 Å². The Morgan fingerprint density at radius 1 is 1.56 bits per heavy atom. The molecule has 1 atom stereocenters. The molecule has 1 aromatic heterocycles. The lowest BCUT2D eigenvalue weighted by molar-refractivity contribution is 0.0933. The van der Waals surface area contributed by atoms with E-state index in [-0.39, 0.29) is 5.91 Å². The molecule has 0 saturated carbocycles. The summed E-state index contributed by atoms with van der Waals surface area (Å²) < 4.78 is 0.886. The summed E-state index contributed by atoms with van der Waals surface area (Å²) in [6, 6.07) is 3.86. The first kappa shape index (κ1) is 11.9. The van der Waals surface area contributed by atoms with Crippen molar-refractivity contribution in [2.75, 3.05) is 11.5 Å². The van der Waals surface area contributed by atoms with Crippen LogP contribution in [0.3, 0.4) is 0 Å². The largest absolute Gasteiger partial charge is 0.347 e. The third kappa shape index (κ3) is 3.22. The highest BCUT2D eigenvalue weighted by molar-refractivity contribution is 9.10. The van der Waals surface area contributed by atoms with Gasteiger partial charge < -0.3 is 5.32 Å². The lowest BCUT2D eigenvalue weighted by Crippen LogP contribution is -2.38. The molecule has 5 heteroatoms. The second-order valence-electron chi connectivity index (χ2n) is 3.75. The lowest BCUT2D eigenvalue weighted by atomic mass is 10.2. The van der Waals surface area contributed by atoms with Crippen LogP contribution in [-0.4, -0.2) is 28.4 Å². The number of thioether (sulfide) groups is 1. The van der Waals surface area contributed by atoms with Crippen LogP contribution in [0.4, 0.5) is 0 Å². The van der Waals surface area contributed by atoms with Gasteiger partial charge in [0.1, 0.15) is 5.69 Å². The van der Waals surface area contributed by atoms with Crippen LogP contribution in [0.5, 0.6) is 0 Å². The van der Waals surface area contributed by atoms with Gasteiger partial charge >= 0.3 is 0 Å². The van der Waals surface area contributed by atoms with Gasteiger partial charge in [0, 0.05) is 22.5 Å². The first-order valence-corrected chi connectivity index (χ1v) is 7.20. The first-order chi connectivity index (χ1) is 7.75. The minimum atomic E-state index is -0.0694. The highest BCUT2D eigenvalue weighted by Gasteiger charge is 2.17. The number of hydrogen-bond donors (Lipinski definition) is 1. The molecule has 0 spiro atoms. The Balaban J connectivity index is 1.94. The number of rotatable bonds is 2. The van der Waals surface area contributed by atoms with E-state index in [4.69, 9.17) is 0 Å². The zero-order valence-electron chi connectivity index (χ0n) is 8.78. The van der Waals surface area contributed by atoms with E-state index in [1.165, 1.54) is 12.2 Å². The standard InChI is InChI=1S/C11H13BrN2OS/c12-8-3-4-10(13-6-8)11(15)14-9-2-1-5-16-7-9/h3-4,6,9H,1-2,5,7H2,(H,14,15). The summed E-state index contributed by atoms with van der Waals surface area (Å²) in [4.78, 5) is 15.9. The number of nitrogens with zero attached hydrogens (tertiary/aromatic N) is 1. The molecular weight excluding hydrogens is 288 g/mol. The van der Waals surface area contributed by atoms with Gasteiger partial charge in [-0.2, -0.15) is 11.8 Å². The Morgan fingerprint density at radius 3 is 3.06 bits per heavy atom. The molecule has 3 nitrogen and oxygen atoms in total. The predicted molar refractivity (Wildman–Crippen MR) is 69.8 cm³/mol. The average molecular weight is 301 g/mol. The SMILES string of the molecule is O=C(NC1CCCSC1)c1ccc(Br)cn1. The van der Waals surface area contributed by atoms with Crippen LogP contribution in [0, 0.1) is 0 Å². The highest BCUT2D eigenvalue weighted by Crippen LogP contribution is 2.17. The van der Waals surface area contributed by atoms with Crippen molar-refractivity contribution in [2.45, 2.75) is 18.9 Å². The second-order valence-corrected chi connectivity index (χ2v) is 5.81. The Hall–Kier alpha value is -0.550. The number of hydrogen-bond acceptors (Lipinski definition) is 3. The highest BCUT2D eigenvalue weighted by atomic mass is 79.9. The minimum absolute atomic E-state index is 0.0694. The fourth-order valence-electron chi connectivity index (χ4n) is 1.62. The van der Waals surface area contributed by atoms with Gasteiger partial charge in [0.05, 0.1) is 0 Å². The monoisotopic (exact) mass is 300 g/mol. The van der Waals surface area contributed by atoms with Gasteiger partial charge in [-0.05, 0) is 46.7 Å². The van der Waals surface area contributed by atoms with Crippen molar-refractivity contribution in [1.29, 1.82) is 0 Å². The van der Waals surface area contributed by atoms with Crippen LogP contribution >= 0.6 is 27.7 Å². The van der Waals surface area contributed by atoms with Crippen LogP contribution in [-0.2, 0) is 0 Å². The van der Waals surface area contributed by atoms with Crippen LogP contribution < -0.4 is 5.32 Å². The Bertz CT molecular complexity index is 363. The van der Waals surface area contributed by atoms with Crippen molar-refractivity contribution in [2.24, 2.45) is 0 Å². The third-order valence-corrected chi connectivity index (χ3v) is 4.14. The molecule has 0 bridgehead atoms. The Kier molecular flexibility index (Phi) is 4.23. The molecule has 1 fully saturated rings. The number of carbonyl (C=O) groups excluding carboxylic acids is 1. The van der Waals surface area contributed by atoms with Gasteiger partial charge in [0.15, 0.2) is 0 Å². The third-order valence-electron chi connectivity index (χ3n) is 2.46. The molecule has 1 unspecified atom stereocenters. The van der Waals surface area contributed by atoms with E-state index in [2.05, 4.69) is 26.2 Å². The van der Waals surface area contributed by atoms with Crippen LogP contribution in [0.15, 0.2) is 22.8 Å².